The summed E-state index contributed by atoms with van der Waals surface area (Å²) in [7, 11) is -3.42. The first-order chi connectivity index (χ1) is 10.4. The van der Waals surface area contributed by atoms with Crippen LogP contribution in [0.25, 0.3) is 0 Å². The van der Waals surface area contributed by atoms with E-state index in [1.807, 2.05) is 0 Å². The lowest BCUT2D eigenvalue weighted by atomic mass is 9.97. The lowest BCUT2D eigenvalue weighted by molar-refractivity contribution is -0.126. The van der Waals surface area contributed by atoms with Crippen LogP contribution in [0.5, 0.6) is 0 Å². The molecule has 8 heteroatoms. The van der Waals surface area contributed by atoms with Gasteiger partial charge in [-0.25, -0.2) is 8.42 Å². The highest BCUT2D eigenvalue weighted by Gasteiger charge is 2.32. The highest BCUT2D eigenvalue weighted by molar-refractivity contribution is 9.11. The summed E-state index contributed by atoms with van der Waals surface area (Å²) in [4.78, 5) is 12.0. The molecular weight excluding hydrogens is 388 g/mol. The molecule has 1 aliphatic heterocycles. The molecule has 1 aromatic heterocycles. The number of nitrogens with one attached hydrogen (secondary N) is 1. The van der Waals surface area contributed by atoms with Crippen LogP contribution in [0.4, 0.5) is 0 Å². The van der Waals surface area contributed by atoms with Gasteiger partial charge in [-0.1, -0.05) is 13.3 Å². The van der Waals surface area contributed by atoms with Gasteiger partial charge in [0, 0.05) is 25.6 Å². The molecule has 0 aromatic carbocycles. The quantitative estimate of drug-likeness (QED) is 0.735. The maximum atomic E-state index is 12.5. The number of halogens is 1. The minimum atomic E-state index is -3.42. The number of amides is 1. The maximum absolute atomic E-state index is 12.5. The van der Waals surface area contributed by atoms with Gasteiger partial charge in [-0.05, 0) is 47.3 Å². The lowest BCUT2D eigenvalue weighted by Gasteiger charge is -2.30. The van der Waals surface area contributed by atoms with Gasteiger partial charge < -0.3 is 5.32 Å². The molecule has 0 saturated carbocycles. The Morgan fingerprint density at radius 3 is 2.64 bits per heavy atom. The second kappa shape index (κ2) is 7.90. The molecule has 0 aliphatic carbocycles. The summed E-state index contributed by atoms with van der Waals surface area (Å²) in [6, 6.07) is 3.36. The average Bonchev–Trinajstić information content (AvgIpc) is 2.95. The second-order valence-corrected chi connectivity index (χ2v) is 10.0. The summed E-state index contributed by atoms with van der Waals surface area (Å²) in [5.41, 5.74) is 0. The Balaban J connectivity index is 1.90. The lowest BCUT2D eigenvalue weighted by Crippen LogP contribution is -2.42. The number of thiophene rings is 1. The number of carbonyl (C=O) groups excluding carboxylic acids is 1. The molecule has 1 aromatic rings. The third-order valence-corrected chi connectivity index (χ3v) is 7.79. The predicted octanol–water partition coefficient (Wildman–Crippen LogP) is 2.83. The van der Waals surface area contributed by atoms with E-state index in [2.05, 4.69) is 28.2 Å². The fourth-order valence-electron chi connectivity index (χ4n) is 2.45. The number of unbranched alkanes of at least 4 members (excludes halogenated alkanes) is 1. The highest BCUT2D eigenvalue weighted by atomic mass is 79.9. The van der Waals surface area contributed by atoms with Gasteiger partial charge in [-0.15, -0.1) is 11.3 Å². The number of rotatable bonds is 6. The Hall–Kier alpha value is -0.440. The number of nitrogens with zero attached hydrogens (tertiary/aromatic N) is 1. The minimum absolute atomic E-state index is 0.0596. The summed E-state index contributed by atoms with van der Waals surface area (Å²) < 4.78 is 27.6. The first kappa shape index (κ1) is 17.9. The normalized spacial score (nSPS) is 17.5. The fourth-order valence-corrected chi connectivity index (χ4v) is 6.09. The van der Waals surface area contributed by atoms with E-state index < -0.39 is 10.0 Å². The molecule has 2 heterocycles. The molecule has 2 rings (SSSR count). The van der Waals surface area contributed by atoms with Crippen molar-refractivity contribution in [3.63, 3.8) is 0 Å². The van der Waals surface area contributed by atoms with E-state index in [4.69, 9.17) is 0 Å². The molecule has 1 aliphatic rings. The molecule has 1 amide bonds. The van der Waals surface area contributed by atoms with Crippen LogP contribution in [0, 0.1) is 5.92 Å². The Bertz CT molecular complexity index is 607. The van der Waals surface area contributed by atoms with Gasteiger partial charge in [0.05, 0.1) is 3.79 Å². The van der Waals surface area contributed by atoms with Gasteiger partial charge in [0.1, 0.15) is 4.21 Å². The molecule has 5 nitrogen and oxygen atoms in total. The number of hydrogen-bond donors (Lipinski definition) is 1. The Labute approximate surface area is 144 Å². The SMILES string of the molecule is CCCCNC(=O)C1CCN(S(=O)(=O)c2ccc(Br)s2)CC1. The van der Waals surface area contributed by atoms with Crippen molar-refractivity contribution < 1.29 is 13.2 Å². The molecule has 22 heavy (non-hydrogen) atoms. The van der Waals surface area contributed by atoms with Crippen LogP contribution in [-0.4, -0.2) is 38.3 Å². The summed E-state index contributed by atoms with van der Waals surface area (Å²) in [6.45, 7) is 3.60. The van der Waals surface area contributed by atoms with E-state index in [1.165, 1.54) is 15.6 Å². The molecule has 124 valence electrons. The smallest absolute Gasteiger partial charge is 0.252 e. The zero-order valence-corrected chi connectivity index (χ0v) is 15.8. The topological polar surface area (TPSA) is 66.5 Å². The molecule has 0 unspecified atom stereocenters. The fraction of sp³-hybridized carbons (Fsp3) is 0.643. The first-order valence-electron chi connectivity index (χ1n) is 7.48. The standard InChI is InChI=1S/C14H21BrN2O3S2/c1-2-3-8-16-14(18)11-6-9-17(10-7-11)22(19,20)13-5-4-12(15)21-13/h4-5,11H,2-3,6-10H2,1H3,(H,16,18). The molecule has 0 radical (unpaired) electrons. The van der Waals surface area contributed by atoms with E-state index in [0.717, 1.165) is 16.6 Å². The van der Waals surface area contributed by atoms with Crippen molar-refractivity contribution in [1.82, 2.24) is 9.62 Å². The predicted molar refractivity (Wildman–Crippen MR) is 91.4 cm³/mol. The summed E-state index contributed by atoms with van der Waals surface area (Å²) in [5.74, 6) is -0.0113. The van der Waals surface area contributed by atoms with Crippen LogP contribution in [0.2, 0.25) is 0 Å². The van der Waals surface area contributed by atoms with Crippen molar-refractivity contribution in [1.29, 1.82) is 0 Å². The molecule has 0 atom stereocenters. The van der Waals surface area contributed by atoms with E-state index in [-0.39, 0.29) is 11.8 Å². The first-order valence-corrected chi connectivity index (χ1v) is 10.5. The zero-order valence-electron chi connectivity index (χ0n) is 12.5. The van der Waals surface area contributed by atoms with Crippen LogP contribution >= 0.6 is 27.3 Å². The monoisotopic (exact) mass is 408 g/mol. The molecule has 1 N–H and O–H groups in total. The Morgan fingerprint density at radius 2 is 2.09 bits per heavy atom. The summed E-state index contributed by atoms with van der Waals surface area (Å²) in [5, 5.41) is 2.93. The van der Waals surface area contributed by atoms with Gasteiger partial charge in [0.25, 0.3) is 10.0 Å². The largest absolute Gasteiger partial charge is 0.356 e. The van der Waals surface area contributed by atoms with Crippen molar-refractivity contribution in [3.8, 4) is 0 Å². The van der Waals surface area contributed by atoms with E-state index in [0.29, 0.717) is 36.7 Å². The minimum Gasteiger partial charge on any atom is -0.356 e. The van der Waals surface area contributed by atoms with Crippen molar-refractivity contribution in [2.45, 2.75) is 36.8 Å². The molecule has 0 bridgehead atoms. The van der Waals surface area contributed by atoms with Crippen molar-refractivity contribution >= 4 is 43.2 Å². The zero-order chi connectivity index (χ0) is 16.2. The second-order valence-electron chi connectivity index (χ2n) is 5.38. The molecule has 1 saturated heterocycles. The number of piperidine rings is 1. The van der Waals surface area contributed by atoms with Crippen LogP contribution < -0.4 is 5.32 Å². The highest BCUT2D eigenvalue weighted by Crippen LogP contribution is 2.30. The number of hydrogen-bond acceptors (Lipinski definition) is 4. The van der Waals surface area contributed by atoms with Crippen LogP contribution in [0.1, 0.15) is 32.6 Å². The number of carbonyl (C=O) groups is 1. The van der Waals surface area contributed by atoms with Crippen LogP contribution in [-0.2, 0) is 14.8 Å². The van der Waals surface area contributed by atoms with Crippen molar-refractivity contribution in [2.24, 2.45) is 5.92 Å². The van der Waals surface area contributed by atoms with E-state index in [9.17, 15) is 13.2 Å². The molecule has 0 spiro atoms. The van der Waals surface area contributed by atoms with Crippen molar-refractivity contribution in [3.05, 3.63) is 15.9 Å². The van der Waals surface area contributed by atoms with Crippen molar-refractivity contribution in [2.75, 3.05) is 19.6 Å². The van der Waals surface area contributed by atoms with Gasteiger partial charge in [-0.2, -0.15) is 4.31 Å². The molecule has 1 fully saturated rings. The Kier molecular flexibility index (Phi) is 6.43. The Morgan fingerprint density at radius 1 is 1.41 bits per heavy atom. The molecular formula is C14H21BrN2O3S2. The van der Waals surface area contributed by atoms with Crippen LogP contribution in [0.3, 0.4) is 0 Å². The summed E-state index contributed by atoms with van der Waals surface area (Å²) in [6.07, 6.45) is 3.20. The third-order valence-electron chi connectivity index (χ3n) is 3.80. The van der Waals surface area contributed by atoms with Gasteiger partial charge in [-0.3, -0.25) is 4.79 Å². The third kappa shape index (κ3) is 4.31. The number of sulfonamides is 1. The summed E-state index contributed by atoms with van der Waals surface area (Å²) >= 11 is 4.51. The van der Waals surface area contributed by atoms with Gasteiger partial charge >= 0.3 is 0 Å². The van der Waals surface area contributed by atoms with E-state index in [1.54, 1.807) is 12.1 Å². The van der Waals surface area contributed by atoms with Gasteiger partial charge in [0.2, 0.25) is 5.91 Å². The van der Waals surface area contributed by atoms with Crippen LogP contribution in [0.15, 0.2) is 20.1 Å². The average molecular weight is 409 g/mol. The van der Waals surface area contributed by atoms with Gasteiger partial charge in [0.15, 0.2) is 0 Å². The maximum Gasteiger partial charge on any atom is 0.252 e. The van der Waals surface area contributed by atoms with E-state index >= 15 is 0 Å².